The van der Waals surface area contributed by atoms with E-state index in [1.807, 2.05) is 0 Å². The predicted octanol–water partition coefficient (Wildman–Crippen LogP) is 1.07. The van der Waals surface area contributed by atoms with Crippen molar-refractivity contribution in [1.29, 1.82) is 0 Å². The minimum absolute atomic E-state index is 1.01. The highest BCUT2D eigenvalue weighted by atomic mass is 15.3. The van der Waals surface area contributed by atoms with Crippen LogP contribution >= 0.6 is 0 Å². The molecule has 0 N–H and O–H groups in total. The zero-order chi connectivity index (χ0) is 6.97. The van der Waals surface area contributed by atoms with Gasteiger partial charge in [0.15, 0.2) is 0 Å². The van der Waals surface area contributed by atoms with E-state index in [1.165, 1.54) is 19.4 Å². The Kier molecular flexibility index (Phi) is 1.33. The van der Waals surface area contributed by atoms with Gasteiger partial charge in [-0.25, -0.2) is 0 Å². The molecule has 1 fully saturated rings. The summed E-state index contributed by atoms with van der Waals surface area (Å²) in [5.41, 5.74) is 0. The van der Waals surface area contributed by atoms with E-state index in [9.17, 15) is 0 Å². The normalized spacial score (nSPS) is 24.5. The van der Waals surface area contributed by atoms with Gasteiger partial charge in [0.05, 0.1) is 6.67 Å². The van der Waals surface area contributed by atoms with Crippen LogP contribution in [0.5, 0.6) is 0 Å². The Hall–Kier alpha value is -0.660. The van der Waals surface area contributed by atoms with Gasteiger partial charge in [0, 0.05) is 26.0 Å². The summed E-state index contributed by atoms with van der Waals surface area (Å²) in [7, 11) is 2.11. The molecule has 1 aliphatic carbocycles. The van der Waals surface area contributed by atoms with Gasteiger partial charge in [0.1, 0.15) is 0 Å². The second-order valence-electron chi connectivity index (χ2n) is 3.41. The molecule has 0 atom stereocenters. The Bertz CT molecular complexity index is 149. The average Bonchev–Trinajstić information content (AvgIpc) is 2.59. The van der Waals surface area contributed by atoms with Gasteiger partial charge in [0.25, 0.3) is 0 Å². The maximum absolute atomic E-state index is 2.39. The minimum atomic E-state index is 1.01. The molecule has 0 spiro atoms. The smallest absolute Gasteiger partial charge is 0.0890 e. The van der Waals surface area contributed by atoms with Gasteiger partial charge < -0.3 is 9.80 Å². The van der Waals surface area contributed by atoms with Crippen LogP contribution in [-0.2, 0) is 0 Å². The summed E-state index contributed by atoms with van der Waals surface area (Å²) in [6.45, 7) is 2.37. The largest absolute Gasteiger partial charge is 0.362 e. The fourth-order valence-electron chi connectivity index (χ4n) is 1.34. The fourth-order valence-corrected chi connectivity index (χ4v) is 1.34. The SMILES string of the molecule is CN1C=CN(CC2CC2)C1. The van der Waals surface area contributed by atoms with Crippen LogP contribution in [0.15, 0.2) is 12.4 Å². The van der Waals surface area contributed by atoms with Gasteiger partial charge in [-0.3, -0.25) is 0 Å². The van der Waals surface area contributed by atoms with E-state index in [1.54, 1.807) is 0 Å². The Morgan fingerprint density at radius 3 is 2.70 bits per heavy atom. The number of rotatable bonds is 2. The van der Waals surface area contributed by atoms with Crippen LogP contribution in [0.3, 0.4) is 0 Å². The summed E-state index contributed by atoms with van der Waals surface area (Å²) in [5.74, 6) is 1.01. The third kappa shape index (κ3) is 1.25. The molecular formula is C8H14N2. The molecule has 1 aliphatic heterocycles. The predicted molar refractivity (Wildman–Crippen MR) is 41.2 cm³/mol. The van der Waals surface area contributed by atoms with Crippen molar-refractivity contribution in [2.75, 3.05) is 20.3 Å². The number of hydrogen-bond donors (Lipinski definition) is 0. The van der Waals surface area contributed by atoms with Crippen LogP contribution in [0.25, 0.3) is 0 Å². The first-order chi connectivity index (χ1) is 4.84. The molecule has 0 aromatic rings. The van der Waals surface area contributed by atoms with Crippen LogP contribution in [0, 0.1) is 5.92 Å². The Labute approximate surface area is 62.1 Å². The van der Waals surface area contributed by atoms with Crippen molar-refractivity contribution < 1.29 is 0 Å². The lowest BCUT2D eigenvalue weighted by atomic mass is 10.4. The molecule has 2 nitrogen and oxygen atoms in total. The molecule has 2 rings (SSSR count). The molecule has 2 aliphatic rings. The first kappa shape index (κ1) is 6.08. The van der Waals surface area contributed by atoms with Gasteiger partial charge in [-0.05, 0) is 18.8 Å². The molecule has 0 aromatic carbocycles. The van der Waals surface area contributed by atoms with Crippen LogP contribution in [0.2, 0.25) is 0 Å². The molecular weight excluding hydrogens is 124 g/mol. The number of nitrogens with zero attached hydrogens (tertiary/aromatic N) is 2. The Balaban J connectivity index is 1.78. The van der Waals surface area contributed by atoms with Crippen molar-refractivity contribution in [3.05, 3.63) is 12.4 Å². The van der Waals surface area contributed by atoms with Crippen molar-refractivity contribution in [2.24, 2.45) is 5.92 Å². The Morgan fingerprint density at radius 1 is 1.40 bits per heavy atom. The highest BCUT2D eigenvalue weighted by Gasteiger charge is 2.24. The summed E-state index contributed by atoms with van der Waals surface area (Å²) in [6.07, 6.45) is 7.24. The zero-order valence-electron chi connectivity index (χ0n) is 6.45. The average molecular weight is 138 g/mol. The molecule has 0 radical (unpaired) electrons. The molecule has 0 bridgehead atoms. The van der Waals surface area contributed by atoms with Crippen LogP contribution in [0.1, 0.15) is 12.8 Å². The van der Waals surface area contributed by atoms with Gasteiger partial charge in [-0.1, -0.05) is 0 Å². The standard InChI is InChI=1S/C8H14N2/c1-9-4-5-10(7-9)6-8-2-3-8/h4-5,8H,2-3,6-7H2,1H3. The molecule has 1 heterocycles. The minimum Gasteiger partial charge on any atom is -0.362 e. The lowest BCUT2D eigenvalue weighted by Gasteiger charge is -2.17. The lowest BCUT2D eigenvalue weighted by Crippen LogP contribution is -2.24. The molecule has 1 saturated carbocycles. The van der Waals surface area contributed by atoms with Crippen molar-refractivity contribution in [3.8, 4) is 0 Å². The van der Waals surface area contributed by atoms with Crippen molar-refractivity contribution in [1.82, 2.24) is 9.80 Å². The van der Waals surface area contributed by atoms with Crippen molar-refractivity contribution in [3.63, 3.8) is 0 Å². The number of hydrogen-bond acceptors (Lipinski definition) is 2. The first-order valence-electron chi connectivity index (χ1n) is 3.97. The second kappa shape index (κ2) is 2.19. The van der Waals surface area contributed by atoms with E-state index in [-0.39, 0.29) is 0 Å². The van der Waals surface area contributed by atoms with Crippen LogP contribution in [-0.4, -0.2) is 30.1 Å². The molecule has 2 heteroatoms. The molecule has 0 amide bonds. The van der Waals surface area contributed by atoms with Gasteiger partial charge in [0.2, 0.25) is 0 Å². The van der Waals surface area contributed by atoms with E-state index in [2.05, 4.69) is 29.2 Å². The fraction of sp³-hybridized carbons (Fsp3) is 0.750. The summed E-state index contributed by atoms with van der Waals surface area (Å²) >= 11 is 0. The molecule has 0 saturated heterocycles. The van der Waals surface area contributed by atoms with Crippen LogP contribution < -0.4 is 0 Å². The van der Waals surface area contributed by atoms with Gasteiger partial charge >= 0.3 is 0 Å². The lowest BCUT2D eigenvalue weighted by molar-refractivity contribution is 0.288. The molecule has 56 valence electrons. The van der Waals surface area contributed by atoms with Crippen LogP contribution in [0.4, 0.5) is 0 Å². The monoisotopic (exact) mass is 138 g/mol. The van der Waals surface area contributed by atoms with Gasteiger partial charge in [-0.2, -0.15) is 0 Å². The summed E-state index contributed by atoms with van der Waals surface area (Å²) < 4.78 is 0. The maximum Gasteiger partial charge on any atom is 0.0890 e. The third-order valence-corrected chi connectivity index (χ3v) is 2.13. The maximum atomic E-state index is 2.39. The topological polar surface area (TPSA) is 6.48 Å². The zero-order valence-corrected chi connectivity index (χ0v) is 6.45. The van der Waals surface area contributed by atoms with E-state index in [0.29, 0.717) is 0 Å². The summed E-state index contributed by atoms with van der Waals surface area (Å²) in [6, 6.07) is 0. The molecule has 0 unspecified atom stereocenters. The quantitative estimate of drug-likeness (QED) is 0.563. The van der Waals surface area contributed by atoms with E-state index in [0.717, 1.165) is 12.6 Å². The molecule has 0 aromatic heterocycles. The van der Waals surface area contributed by atoms with E-state index < -0.39 is 0 Å². The highest BCUT2D eigenvalue weighted by molar-refractivity contribution is 4.91. The summed E-state index contributed by atoms with van der Waals surface area (Å²) in [5, 5.41) is 0. The van der Waals surface area contributed by atoms with E-state index >= 15 is 0 Å². The second-order valence-corrected chi connectivity index (χ2v) is 3.41. The third-order valence-electron chi connectivity index (χ3n) is 2.13. The van der Waals surface area contributed by atoms with Gasteiger partial charge in [-0.15, -0.1) is 0 Å². The highest BCUT2D eigenvalue weighted by Crippen LogP contribution is 2.30. The van der Waals surface area contributed by atoms with Crippen molar-refractivity contribution >= 4 is 0 Å². The summed E-state index contributed by atoms with van der Waals surface area (Å²) in [4.78, 5) is 4.60. The first-order valence-corrected chi connectivity index (χ1v) is 3.97. The Morgan fingerprint density at radius 2 is 2.20 bits per heavy atom. The molecule has 10 heavy (non-hydrogen) atoms. The van der Waals surface area contributed by atoms with Crippen molar-refractivity contribution in [2.45, 2.75) is 12.8 Å². The van der Waals surface area contributed by atoms with E-state index in [4.69, 9.17) is 0 Å².